The molecule has 2 unspecified atom stereocenters. The molecule has 2 atom stereocenters. The fourth-order valence-corrected chi connectivity index (χ4v) is 4.39. The molecule has 2 fully saturated rings. The average molecular weight is 439 g/mol. The largest absolute Gasteiger partial charge is 0.416 e. The molecular formula is C19H18F5N7. The molecule has 0 spiro atoms. The van der Waals surface area contributed by atoms with E-state index in [1.807, 2.05) is 9.80 Å². The minimum Gasteiger partial charge on any atom is -0.356 e. The van der Waals surface area contributed by atoms with Gasteiger partial charge >= 0.3 is 6.18 Å². The molecule has 0 aliphatic carbocycles. The van der Waals surface area contributed by atoms with E-state index in [0.29, 0.717) is 49.0 Å². The molecule has 2 aliphatic rings. The molecule has 5 heterocycles. The summed E-state index contributed by atoms with van der Waals surface area (Å²) >= 11 is 0. The summed E-state index contributed by atoms with van der Waals surface area (Å²) in [6.45, 7) is 1.95. The highest BCUT2D eigenvalue weighted by Crippen LogP contribution is 2.37. The normalized spacial score (nSPS) is 21.5. The Bertz CT molecular complexity index is 1080. The molecule has 7 nitrogen and oxygen atoms in total. The van der Waals surface area contributed by atoms with Gasteiger partial charge in [-0.15, -0.1) is 0 Å². The van der Waals surface area contributed by atoms with Gasteiger partial charge in [-0.1, -0.05) is 0 Å². The number of pyridine rings is 1. The first-order valence-corrected chi connectivity index (χ1v) is 9.78. The summed E-state index contributed by atoms with van der Waals surface area (Å²) < 4.78 is 65.7. The maximum absolute atomic E-state index is 13.0. The molecule has 3 aromatic heterocycles. The summed E-state index contributed by atoms with van der Waals surface area (Å²) in [6.07, 6.45) is -2.75. The summed E-state index contributed by atoms with van der Waals surface area (Å²) in [4.78, 5) is 16.8. The van der Waals surface area contributed by atoms with Crippen LogP contribution in [0, 0.1) is 11.8 Å². The van der Waals surface area contributed by atoms with Crippen LogP contribution in [-0.4, -0.2) is 57.3 Å². The first kappa shape index (κ1) is 19.9. The number of alkyl halides is 5. The molecule has 2 saturated heterocycles. The lowest BCUT2D eigenvalue weighted by atomic mass is 10.0. The quantitative estimate of drug-likeness (QED) is 0.583. The van der Waals surface area contributed by atoms with Crippen molar-refractivity contribution >= 4 is 22.8 Å². The third-order valence-electron chi connectivity index (χ3n) is 5.85. The smallest absolute Gasteiger partial charge is 0.356 e. The van der Waals surface area contributed by atoms with E-state index < -0.39 is 24.7 Å². The zero-order chi connectivity index (χ0) is 21.8. The molecule has 0 amide bonds. The molecule has 3 aromatic rings. The van der Waals surface area contributed by atoms with Crippen molar-refractivity contribution in [2.24, 2.45) is 11.8 Å². The number of hydrogen-bond acceptors (Lipinski definition) is 6. The third-order valence-corrected chi connectivity index (χ3v) is 5.85. The Hall–Kier alpha value is -3.05. The zero-order valence-corrected chi connectivity index (χ0v) is 16.2. The Balaban J connectivity index is 1.30. The maximum atomic E-state index is 13.0. The highest BCUT2D eigenvalue weighted by Gasteiger charge is 2.41. The van der Waals surface area contributed by atoms with Crippen LogP contribution in [0.15, 0.2) is 30.7 Å². The maximum Gasteiger partial charge on any atom is 0.416 e. The van der Waals surface area contributed by atoms with E-state index in [2.05, 4.69) is 20.1 Å². The summed E-state index contributed by atoms with van der Waals surface area (Å²) in [5, 5.41) is 3.93. The SMILES string of the molecule is FC(F)Cn1ncc2ncc(N3CC4CN(c5cc(C(F)(F)F)ccn5)CC4C3)nc21. The standard InChI is InChI=1S/C19H18F5N7/c20-15(21)10-31-18-14(4-27-31)26-5-17(28-18)30-8-11-6-29(7-12(11)9-30)16-3-13(1-2-25-16)19(22,23)24/h1-5,11-12,15H,6-10H2. The summed E-state index contributed by atoms with van der Waals surface area (Å²) in [6, 6.07) is 2.05. The summed E-state index contributed by atoms with van der Waals surface area (Å²) in [7, 11) is 0. The van der Waals surface area contributed by atoms with Gasteiger partial charge in [0.25, 0.3) is 6.43 Å². The molecule has 0 saturated carbocycles. The average Bonchev–Trinajstić information content (AvgIpc) is 3.40. The van der Waals surface area contributed by atoms with Crippen molar-refractivity contribution in [2.45, 2.75) is 19.1 Å². The molecule has 0 aromatic carbocycles. The number of hydrogen-bond donors (Lipinski definition) is 0. The van der Waals surface area contributed by atoms with Gasteiger partial charge in [0.15, 0.2) is 5.65 Å². The van der Waals surface area contributed by atoms with Crippen LogP contribution < -0.4 is 9.80 Å². The monoisotopic (exact) mass is 439 g/mol. The van der Waals surface area contributed by atoms with Crippen LogP contribution >= 0.6 is 0 Å². The Morgan fingerprint density at radius 3 is 2.29 bits per heavy atom. The molecule has 0 radical (unpaired) electrons. The van der Waals surface area contributed by atoms with Crippen molar-refractivity contribution in [3.63, 3.8) is 0 Å². The van der Waals surface area contributed by atoms with Gasteiger partial charge in [-0.25, -0.2) is 28.4 Å². The van der Waals surface area contributed by atoms with E-state index in [0.717, 1.165) is 16.8 Å². The molecular weight excluding hydrogens is 421 g/mol. The number of aromatic nitrogens is 5. The first-order valence-electron chi connectivity index (χ1n) is 9.78. The predicted molar refractivity (Wildman–Crippen MR) is 102 cm³/mol. The van der Waals surface area contributed by atoms with Crippen LogP contribution in [0.1, 0.15) is 5.56 Å². The topological polar surface area (TPSA) is 63.0 Å². The van der Waals surface area contributed by atoms with Crippen molar-refractivity contribution in [3.05, 3.63) is 36.3 Å². The van der Waals surface area contributed by atoms with Gasteiger partial charge in [-0.2, -0.15) is 18.3 Å². The molecule has 0 bridgehead atoms. The minimum atomic E-state index is -4.40. The van der Waals surface area contributed by atoms with Crippen LogP contribution in [0.5, 0.6) is 0 Å². The summed E-state index contributed by atoms with van der Waals surface area (Å²) in [5.74, 6) is 1.38. The Labute approximate surface area is 173 Å². The van der Waals surface area contributed by atoms with E-state index >= 15 is 0 Å². The molecule has 5 rings (SSSR count). The molecule has 0 N–H and O–H groups in total. The van der Waals surface area contributed by atoms with Crippen molar-refractivity contribution < 1.29 is 22.0 Å². The molecule has 12 heteroatoms. The summed E-state index contributed by atoms with van der Waals surface area (Å²) in [5.41, 5.74) is 0.0513. The van der Waals surface area contributed by atoms with Gasteiger partial charge in [0.05, 0.1) is 18.0 Å². The number of rotatable bonds is 4. The van der Waals surface area contributed by atoms with Crippen molar-refractivity contribution in [3.8, 4) is 0 Å². The van der Waals surface area contributed by atoms with Crippen LogP contribution in [0.4, 0.5) is 33.6 Å². The number of halogens is 5. The lowest BCUT2D eigenvalue weighted by molar-refractivity contribution is -0.137. The van der Waals surface area contributed by atoms with Gasteiger partial charge in [-0.3, -0.25) is 0 Å². The highest BCUT2D eigenvalue weighted by molar-refractivity contribution is 5.71. The Morgan fingerprint density at radius 1 is 0.968 bits per heavy atom. The molecule has 31 heavy (non-hydrogen) atoms. The van der Waals surface area contributed by atoms with Gasteiger partial charge in [0.2, 0.25) is 0 Å². The van der Waals surface area contributed by atoms with E-state index in [-0.39, 0.29) is 11.8 Å². The van der Waals surface area contributed by atoms with E-state index in [4.69, 9.17) is 0 Å². The van der Waals surface area contributed by atoms with Crippen molar-refractivity contribution in [2.75, 3.05) is 36.0 Å². The number of anilines is 2. The van der Waals surface area contributed by atoms with Gasteiger partial charge in [0.1, 0.15) is 23.7 Å². The highest BCUT2D eigenvalue weighted by atomic mass is 19.4. The molecule has 2 aliphatic heterocycles. The second kappa shape index (κ2) is 7.27. The third kappa shape index (κ3) is 3.74. The van der Waals surface area contributed by atoms with Gasteiger partial charge < -0.3 is 9.80 Å². The number of fused-ring (bicyclic) bond motifs is 2. The van der Waals surface area contributed by atoms with Crippen molar-refractivity contribution in [1.82, 2.24) is 24.7 Å². The second-order valence-corrected chi connectivity index (χ2v) is 7.89. The molecule has 164 valence electrons. The van der Waals surface area contributed by atoms with Gasteiger partial charge in [-0.05, 0) is 12.1 Å². The zero-order valence-electron chi connectivity index (χ0n) is 16.2. The van der Waals surface area contributed by atoms with E-state index in [9.17, 15) is 22.0 Å². The lowest BCUT2D eigenvalue weighted by Crippen LogP contribution is -2.30. The van der Waals surface area contributed by atoms with Crippen LogP contribution in [0.25, 0.3) is 11.2 Å². The van der Waals surface area contributed by atoms with E-state index in [1.54, 1.807) is 6.20 Å². The van der Waals surface area contributed by atoms with Gasteiger partial charge in [0, 0.05) is 44.2 Å². The van der Waals surface area contributed by atoms with Crippen LogP contribution in [0.3, 0.4) is 0 Å². The number of nitrogens with zero attached hydrogens (tertiary/aromatic N) is 7. The minimum absolute atomic E-state index is 0.236. The fourth-order valence-electron chi connectivity index (χ4n) is 4.39. The first-order chi connectivity index (χ1) is 14.8. The second-order valence-electron chi connectivity index (χ2n) is 7.89. The lowest BCUT2D eigenvalue weighted by Gasteiger charge is -2.23. The van der Waals surface area contributed by atoms with Crippen LogP contribution in [-0.2, 0) is 12.7 Å². The Morgan fingerprint density at radius 2 is 1.65 bits per heavy atom. The fraction of sp³-hybridized carbons (Fsp3) is 0.474. The van der Waals surface area contributed by atoms with Crippen LogP contribution in [0.2, 0.25) is 0 Å². The Kier molecular flexibility index (Phi) is 4.67. The van der Waals surface area contributed by atoms with E-state index in [1.165, 1.54) is 12.4 Å². The predicted octanol–water partition coefficient (Wildman–Crippen LogP) is 3.08. The van der Waals surface area contributed by atoms with Crippen molar-refractivity contribution in [1.29, 1.82) is 0 Å².